The number of amides is 1. The number of hydrogen-bond acceptors (Lipinski definition) is 4. The number of nitrogens with one attached hydrogen (secondary N) is 1. The SMILES string of the molecule is C=Cc1c(/C(=C\C)C(=O)NC(CCC)c2ccc(O)c(S(C)=O)c2)cnn1-c1ccc(F)cc1. The molecule has 0 aliphatic carbocycles. The highest BCUT2D eigenvalue weighted by Crippen LogP contribution is 2.29. The van der Waals surface area contributed by atoms with Gasteiger partial charge in [-0.05, 0) is 61.4 Å². The smallest absolute Gasteiger partial charge is 0.252 e. The first-order valence-electron chi connectivity index (χ1n) is 10.9. The van der Waals surface area contributed by atoms with E-state index in [4.69, 9.17) is 0 Å². The Morgan fingerprint density at radius 2 is 2.00 bits per heavy atom. The number of nitrogens with zero attached hydrogens (tertiary/aromatic N) is 2. The Morgan fingerprint density at radius 1 is 1.29 bits per heavy atom. The van der Waals surface area contributed by atoms with Crippen LogP contribution in [0.2, 0.25) is 0 Å². The van der Waals surface area contributed by atoms with Crippen molar-refractivity contribution in [3.8, 4) is 11.4 Å². The average molecular weight is 482 g/mol. The molecule has 34 heavy (non-hydrogen) atoms. The Labute approximate surface area is 201 Å². The second-order valence-electron chi connectivity index (χ2n) is 7.73. The lowest BCUT2D eigenvalue weighted by molar-refractivity contribution is -0.116. The summed E-state index contributed by atoms with van der Waals surface area (Å²) in [7, 11) is -1.37. The fourth-order valence-corrected chi connectivity index (χ4v) is 4.45. The summed E-state index contributed by atoms with van der Waals surface area (Å²) in [6.07, 6.45) is 7.87. The zero-order chi connectivity index (χ0) is 24.8. The number of aromatic nitrogens is 2. The van der Waals surface area contributed by atoms with Crippen molar-refractivity contribution in [2.75, 3.05) is 6.26 Å². The van der Waals surface area contributed by atoms with E-state index < -0.39 is 10.8 Å². The molecule has 1 amide bonds. The Morgan fingerprint density at radius 3 is 2.59 bits per heavy atom. The molecule has 0 saturated carbocycles. The molecule has 2 unspecified atom stereocenters. The highest BCUT2D eigenvalue weighted by atomic mass is 32.2. The molecule has 2 aromatic carbocycles. The van der Waals surface area contributed by atoms with Gasteiger partial charge in [0.05, 0.1) is 39.3 Å². The molecule has 1 aromatic heterocycles. The maximum Gasteiger partial charge on any atom is 0.252 e. The van der Waals surface area contributed by atoms with Crippen LogP contribution in [0.15, 0.2) is 66.2 Å². The maximum absolute atomic E-state index is 13.4. The molecule has 3 aromatic rings. The molecular formula is C26H28FN3O3S. The van der Waals surface area contributed by atoms with E-state index >= 15 is 0 Å². The molecule has 0 spiro atoms. The Bertz CT molecular complexity index is 1250. The van der Waals surface area contributed by atoms with Crippen LogP contribution < -0.4 is 5.32 Å². The summed E-state index contributed by atoms with van der Waals surface area (Å²) in [5.74, 6) is -0.685. The summed E-state index contributed by atoms with van der Waals surface area (Å²) in [4.78, 5) is 13.7. The molecule has 178 valence electrons. The number of benzene rings is 2. The third kappa shape index (κ3) is 5.34. The van der Waals surface area contributed by atoms with E-state index in [-0.39, 0.29) is 23.5 Å². The molecule has 0 aliphatic heterocycles. The number of carbonyl (C=O) groups excluding carboxylic acids is 1. The van der Waals surface area contributed by atoms with Gasteiger partial charge in [0.1, 0.15) is 11.6 Å². The normalized spacial score (nSPS) is 13.4. The Kier molecular flexibility index (Phi) is 8.17. The minimum atomic E-state index is -1.37. The van der Waals surface area contributed by atoms with Gasteiger partial charge in [-0.2, -0.15) is 5.10 Å². The van der Waals surface area contributed by atoms with E-state index in [9.17, 15) is 18.5 Å². The molecule has 0 radical (unpaired) electrons. The Balaban J connectivity index is 1.93. The van der Waals surface area contributed by atoms with Crippen molar-refractivity contribution in [3.05, 3.63) is 84.0 Å². The van der Waals surface area contributed by atoms with E-state index in [0.717, 1.165) is 12.0 Å². The number of carbonyl (C=O) groups is 1. The maximum atomic E-state index is 13.4. The molecule has 0 fully saturated rings. The third-order valence-corrected chi connectivity index (χ3v) is 6.42. The fourth-order valence-electron chi connectivity index (χ4n) is 3.78. The standard InChI is InChI=1S/C26H28FN3O3S/c1-5-8-22(17-9-14-24(31)25(15-17)34(4)33)29-26(32)20(6-2)21-16-28-30(23(21)7-3)19-12-10-18(27)11-13-19/h6-7,9-16,22,31H,3,5,8H2,1-2,4H3,(H,29,32)/b20-6+. The van der Waals surface area contributed by atoms with Gasteiger partial charge in [-0.3, -0.25) is 9.00 Å². The molecule has 8 heteroatoms. The molecule has 6 nitrogen and oxygen atoms in total. The number of phenols is 1. The second-order valence-corrected chi connectivity index (χ2v) is 9.08. The monoisotopic (exact) mass is 481 g/mol. The molecule has 1 heterocycles. The van der Waals surface area contributed by atoms with Gasteiger partial charge in [0.15, 0.2) is 0 Å². The molecule has 0 aliphatic rings. The van der Waals surface area contributed by atoms with Crippen molar-refractivity contribution >= 4 is 28.4 Å². The van der Waals surface area contributed by atoms with Crippen molar-refractivity contribution in [2.24, 2.45) is 0 Å². The molecule has 3 rings (SSSR count). The minimum absolute atomic E-state index is 0.0378. The summed E-state index contributed by atoms with van der Waals surface area (Å²) >= 11 is 0. The lowest BCUT2D eigenvalue weighted by Crippen LogP contribution is -2.29. The molecule has 2 atom stereocenters. The van der Waals surface area contributed by atoms with Crippen molar-refractivity contribution in [1.82, 2.24) is 15.1 Å². The number of hydrogen-bond donors (Lipinski definition) is 2. The van der Waals surface area contributed by atoms with Crippen molar-refractivity contribution < 1.29 is 18.5 Å². The van der Waals surface area contributed by atoms with Gasteiger partial charge < -0.3 is 10.4 Å². The summed E-state index contributed by atoms with van der Waals surface area (Å²) in [6, 6.07) is 10.5. The van der Waals surface area contributed by atoms with Gasteiger partial charge in [-0.1, -0.05) is 32.1 Å². The second kappa shape index (κ2) is 11.1. The van der Waals surface area contributed by atoms with E-state index in [2.05, 4.69) is 17.0 Å². The van der Waals surface area contributed by atoms with Crippen LogP contribution in [0.5, 0.6) is 5.75 Å². The predicted molar refractivity (Wildman–Crippen MR) is 133 cm³/mol. The van der Waals surface area contributed by atoms with Gasteiger partial charge in [-0.25, -0.2) is 9.07 Å². The molecule has 2 N–H and O–H groups in total. The van der Waals surface area contributed by atoms with E-state index in [1.54, 1.807) is 54.2 Å². The van der Waals surface area contributed by atoms with Crippen LogP contribution in [0.25, 0.3) is 17.3 Å². The highest BCUT2D eigenvalue weighted by Gasteiger charge is 2.22. The predicted octanol–water partition coefficient (Wildman–Crippen LogP) is 5.16. The molecule has 0 saturated heterocycles. The summed E-state index contributed by atoms with van der Waals surface area (Å²) in [6.45, 7) is 7.65. The summed E-state index contributed by atoms with van der Waals surface area (Å²) < 4.78 is 26.9. The van der Waals surface area contributed by atoms with Gasteiger partial charge in [0, 0.05) is 17.4 Å². The van der Waals surface area contributed by atoms with Crippen LogP contribution in [-0.4, -0.2) is 31.3 Å². The lowest BCUT2D eigenvalue weighted by Gasteiger charge is -2.20. The largest absolute Gasteiger partial charge is 0.507 e. The van der Waals surface area contributed by atoms with Crippen LogP contribution in [0.4, 0.5) is 4.39 Å². The van der Waals surface area contributed by atoms with E-state index in [0.29, 0.717) is 33.8 Å². The summed E-state index contributed by atoms with van der Waals surface area (Å²) in [5.41, 5.74) is 3.03. The van der Waals surface area contributed by atoms with E-state index in [1.165, 1.54) is 24.5 Å². The van der Waals surface area contributed by atoms with Gasteiger partial charge in [0.2, 0.25) is 0 Å². The van der Waals surface area contributed by atoms with Gasteiger partial charge >= 0.3 is 0 Å². The van der Waals surface area contributed by atoms with Crippen LogP contribution >= 0.6 is 0 Å². The van der Waals surface area contributed by atoms with Crippen molar-refractivity contribution in [3.63, 3.8) is 0 Å². The third-order valence-electron chi connectivity index (χ3n) is 5.47. The first kappa shape index (κ1) is 25.1. The van der Waals surface area contributed by atoms with Crippen molar-refractivity contribution in [1.29, 1.82) is 0 Å². The van der Waals surface area contributed by atoms with Crippen molar-refractivity contribution in [2.45, 2.75) is 37.6 Å². The summed E-state index contributed by atoms with van der Waals surface area (Å²) in [5, 5.41) is 17.5. The number of phenolic OH excluding ortho intramolecular Hbond substituents is 1. The highest BCUT2D eigenvalue weighted by molar-refractivity contribution is 7.84. The zero-order valence-electron chi connectivity index (χ0n) is 19.4. The fraction of sp³-hybridized carbons (Fsp3) is 0.231. The number of halogens is 1. The number of rotatable bonds is 9. The van der Waals surface area contributed by atoms with Gasteiger partial charge in [-0.15, -0.1) is 0 Å². The molecular weight excluding hydrogens is 453 g/mol. The number of allylic oxidation sites excluding steroid dienone is 1. The Hall–Kier alpha value is -3.52. The average Bonchev–Trinajstić information content (AvgIpc) is 3.23. The van der Waals surface area contributed by atoms with Crippen LogP contribution in [0.3, 0.4) is 0 Å². The van der Waals surface area contributed by atoms with Crippen LogP contribution in [-0.2, 0) is 15.6 Å². The van der Waals surface area contributed by atoms with Crippen LogP contribution in [0.1, 0.15) is 49.6 Å². The molecule has 0 bridgehead atoms. The topological polar surface area (TPSA) is 84.2 Å². The first-order chi connectivity index (χ1) is 16.3. The van der Waals surface area contributed by atoms with Crippen LogP contribution in [0, 0.1) is 5.82 Å². The first-order valence-corrected chi connectivity index (χ1v) is 12.5. The lowest BCUT2D eigenvalue weighted by atomic mass is 10.00. The minimum Gasteiger partial charge on any atom is -0.507 e. The van der Waals surface area contributed by atoms with Gasteiger partial charge in [0.25, 0.3) is 5.91 Å². The quantitative estimate of drug-likeness (QED) is 0.414. The van der Waals surface area contributed by atoms with E-state index in [1.807, 2.05) is 6.92 Å². The number of aromatic hydroxyl groups is 1. The zero-order valence-corrected chi connectivity index (χ0v) is 20.2.